The van der Waals surface area contributed by atoms with E-state index in [4.69, 9.17) is 0 Å². The van der Waals surface area contributed by atoms with Gasteiger partial charge in [-0.3, -0.25) is 9.59 Å². The molecule has 0 heterocycles. The van der Waals surface area contributed by atoms with Crippen LogP contribution in [0.3, 0.4) is 0 Å². The van der Waals surface area contributed by atoms with Crippen LogP contribution < -0.4 is 20.8 Å². The van der Waals surface area contributed by atoms with Gasteiger partial charge in [0.25, 0.3) is 0 Å². The van der Waals surface area contributed by atoms with E-state index in [0.717, 1.165) is 38.5 Å². The van der Waals surface area contributed by atoms with Crippen molar-refractivity contribution in [1.82, 2.24) is 10.6 Å². The molecule has 0 aliphatic rings. The summed E-state index contributed by atoms with van der Waals surface area (Å²) in [7, 11) is 0. The van der Waals surface area contributed by atoms with Crippen molar-refractivity contribution in [2.45, 2.75) is 90.9 Å². The summed E-state index contributed by atoms with van der Waals surface area (Å²) in [6, 6.07) is 0. The molecule has 0 rings (SSSR count). The topological polar surface area (TPSA) is 138 Å². The molecule has 0 aromatic heterocycles. The van der Waals surface area contributed by atoms with Crippen LogP contribution in [0, 0.1) is 0 Å². The molecule has 0 aliphatic carbocycles. The first-order valence-corrected chi connectivity index (χ1v) is 10.3. The van der Waals surface area contributed by atoms with Gasteiger partial charge in [0, 0.05) is 12.8 Å². The van der Waals surface area contributed by atoms with E-state index in [1.807, 2.05) is 0 Å². The SMILES string of the molecule is CCCCCCCC(=O)NCC(=O)[O-].CCCCCCCC(=O)NCC(=O)[O-].[Ca+2]. The number of carbonyl (C=O) groups is 4. The minimum atomic E-state index is -1.25. The Morgan fingerprint density at radius 2 is 0.897 bits per heavy atom. The first-order chi connectivity index (χ1) is 13.3. The molecule has 0 bridgehead atoms. The van der Waals surface area contributed by atoms with Crippen LogP contribution >= 0.6 is 0 Å². The molecule has 0 unspecified atom stereocenters. The predicted molar refractivity (Wildman–Crippen MR) is 109 cm³/mol. The molecule has 2 amide bonds. The molecule has 0 atom stereocenters. The molecule has 8 nitrogen and oxygen atoms in total. The molecule has 0 saturated carbocycles. The molecule has 0 radical (unpaired) electrons. The van der Waals surface area contributed by atoms with Crippen molar-refractivity contribution in [3.63, 3.8) is 0 Å². The standard InChI is InChI=1S/2C10H19NO3.Ca/c2*1-2-3-4-5-6-7-9(12)11-8-10(13)14;/h2*2-8H2,1H3,(H,11,12)(H,13,14);/q;;+2/p-2. The van der Waals surface area contributed by atoms with Crippen molar-refractivity contribution in [2.24, 2.45) is 0 Å². The van der Waals surface area contributed by atoms with Crippen molar-refractivity contribution in [3.8, 4) is 0 Å². The number of hydrogen-bond donors (Lipinski definition) is 2. The van der Waals surface area contributed by atoms with Crippen LogP contribution in [0.25, 0.3) is 0 Å². The van der Waals surface area contributed by atoms with Gasteiger partial charge in [-0.05, 0) is 12.8 Å². The average Bonchev–Trinajstić information content (AvgIpc) is 2.65. The van der Waals surface area contributed by atoms with Crippen LogP contribution in [0.2, 0.25) is 0 Å². The largest absolute Gasteiger partial charge is 2.00 e. The van der Waals surface area contributed by atoms with Crippen LogP contribution in [0.5, 0.6) is 0 Å². The number of unbranched alkanes of at least 4 members (excludes halogenated alkanes) is 8. The van der Waals surface area contributed by atoms with Gasteiger partial charge >= 0.3 is 37.7 Å². The summed E-state index contributed by atoms with van der Waals surface area (Å²) in [5, 5.41) is 24.5. The van der Waals surface area contributed by atoms with Crippen molar-refractivity contribution in [3.05, 3.63) is 0 Å². The van der Waals surface area contributed by atoms with Crippen LogP contribution in [-0.2, 0) is 19.2 Å². The monoisotopic (exact) mass is 440 g/mol. The fourth-order valence-electron chi connectivity index (χ4n) is 2.30. The normalized spacial score (nSPS) is 9.45. The molecular weight excluding hydrogens is 404 g/mol. The second-order valence-corrected chi connectivity index (χ2v) is 6.63. The quantitative estimate of drug-likeness (QED) is 0.257. The maximum absolute atomic E-state index is 11.0. The third-order valence-corrected chi connectivity index (χ3v) is 3.87. The molecule has 0 aromatic rings. The van der Waals surface area contributed by atoms with Crippen molar-refractivity contribution in [2.75, 3.05) is 13.1 Å². The minimum Gasteiger partial charge on any atom is -0.548 e. The zero-order chi connectivity index (χ0) is 21.6. The summed E-state index contributed by atoms with van der Waals surface area (Å²) >= 11 is 0. The number of hydrogen-bond acceptors (Lipinski definition) is 6. The van der Waals surface area contributed by atoms with E-state index in [0.29, 0.717) is 12.8 Å². The molecule has 0 fully saturated rings. The number of amides is 2. The maximum Gasteiger partial charge on any atom is 2.00 e. The zero-order valence-corrected chi connectivity index (χ0v) is 20.3. The van der Waals surface area contributed by atoms with Gasteiger partial charge in [-0.2, -0.15) is 0 Å². The third kappa shape index (κ3) is 32.0. The Labute approximate surface area is 204 Å². The van der Waals surface area contributed by atoms with Gasteiger partial charge in [0.2, 0.25) is 11.8 Å². The first-order valence-electron chi connectivity index (χ1n) is 10.3. The Morgan fingerprint density at radius 1 is 0.586 bits per heavy atom. The van der Waals surface area contributed by atoms with Gasteiger partial charge in [-0.15, -0.1) is 0 Å². The Bertz CT molecular complexity index is 407. The number of carboxylic acids is 2. The third-order valence-electron chi connectivity index (χ3n) is 3.87. The molecule has 0 spiro atoms. The fraction of sp³-hybridized carbons (Fsp3) is 0.800. The molecule has 29 heavy (non-hydrogen) atoms. The van der Waals surface area contributed by atoms with Gasteiger partial charge in [0.1, 0.15) is 0 Å². The van der Waals surface area contributed by atoms with Crippen LogP contribution in [-0.4, -0.2) is 74.6 Å². The predicted octanol–water partition coefficient (Wildman–Crippen LogP) is 0.0452. The Morgan fingerprint density at radius 3 is 1.17 bits per heavy atom. The molecule has 9 heteroatoms. The molecule has 164 valence electrons. The summed E-state index contributed by atoms with van der Waals surface area (Å²) in [5.74, 6) is -2.90. The fourth-order valence-corrected chi connectivity index (χ4v) is 2.30. The first kappa shape index (κ1) is 32.8. The Balaban J connectivity index is -0.000000451. The zero-order valence-electron chi connectivity index (χ0n) is 18.1. The van der Waals surface area contributed by atoms with E-state index in [-0.39, 0.29) is 62.6 Å². The average molecular weight is 441 g/mol. The number of carboxylic acid groups (broad SMARTS) is 2. The second-order valence-electron chi connectivity index (χ2n) is 6.63. The van der Waals surface area contributed by atoms with Crippen molar-refractivity contribution in [1.29, 1.82) is 0 Å². The summed E-state index contributed by atoms with van der Waals surface area (Å²) < 4.78 is 0. The minimum absolute atomic E-state index is 0. The van der Waals surface area contributed by atoms with Gasteiger partial charge in [0.15, 0.2) is 0 Å². The van der Waals surface area contributed by atoms with Gasteiger partial charge in [0.05, 0.1) is 25.0 Å². The van der Waals surface area contributed by atoms with Crippen molar-refractivity contribution >= 4 is 61.5 Å². The number of carbonyl (C=O) groups excluding carboxylic acids is 4. The van der Waals surface area contributed by atoms with E-state index < -0.39 is 11.9 Å². The van der Waals surface area contributed by atoms with E-state index in [1.54, 1.807) is 0 Å². The summed E-state index contributed by atoms with van der Waals surface area (Å²) in [4.78, 5) is 41.9. The molecule has 0 aromatic carbocycles. The Kier molecular flexibility index (Phi) is 28.5. The van der Waals surface area contributed by atoms with E-state index in [2.05, 4.69) is 24.5 Å². The van der Waals surface area contributed by atoms with Crippen molar-refractivity contribution < 1.29 is 29.4 Å². The van der Waals surface area contributed by atoms with E-state index in [1.165, 1.54) is 25.7 Å². The Hall–Kier alpha value is -0.860. The van der Waals surface area contributed by atoms with E-state index >= 15 is 0 Å². The maximum atomic E-state index is 11.0. The van der Waals surface area contributed by atoms with Crippen LogP contribution in [0.15, 0.2) is 0 Å². The van der Waals surface area contributed by atoms with Gasteiger partial charge in [-0.25, -0.2) is 0 Å². The molecular formula is C20H36CaN2O6. The summed E-state index contributed by atoms with van der Waals surface area (Å²) in [6.45, 7) is 3.50. The molecule has 2 N–H and O–H groups in total. The molecule has 0 aliphatic heterocycles. The number of nitrogens with one attached hydrogen (secondary N) is 2. The smallest absolute Gasteiger partial charge is 0.548 e. The van der Waals surface area contributed by atoms with E-state index in [9.17, 15) is 29.4 Å². The van der Waals surface area contributed by atoms with Gasteiger partial charge < -0.3 is 30.4 Å². The van der Waals surface area contributed by atoms with Gasteiger partial charge in [-0.1, -0.05) is 65.2 Å². The van der Waals surface area contributed by atoms with Crippen LogP contribution in [0.1, 0.15) is 90.9 Å². The second kappa shape index (κ2) is 25.2. The number of rotatable bonds is 16. The number of aliphatic carboxylic acids is 2. The summed E-state index contributed by atoms with van der Waals surface area (Å²) in [5.41, 5.74) is 0. The summed E-state index contributed by atoms with van der Waals surface area (Å²) in [6.07, 6.45) is 11.6. The molecule has 0 saturated heterocycles. The van der Waals surface area contributed by atoms with Crippen LogP contribution in [0.4, 0.5) is 0 Å².